The van der Waals surface area contributed by atoms with Crippen LogP contribution in [0.1, 0.15) is 25.8 Å². The summed E-state index contributed by atoms with van der Waals surface area (Å²) in [6.07, 6.45) is 0.776. The molecule has 1 aromatic heterocycles. The van der Waals surface area contributed by atoms with Gasteiger partial charge in [0.15, 0.2) is 5.03 Å². The predicted molar refractivity (Wildman–Crippen MR) is 95.3 cm³/mol. The van der Waals surface area contributed by atoms with Gasteiger partial charge in [0.05, 0.1) is 10.6 Å². The SMILES string of the molecule is CCCNc1sc(S(=O)(=O)CC)nc1S(=O)(=O)c1ccc(C)cc1. The maximum atomic E-state index is 12.9. The molecule has 0 aliphatic rings. The van der Waals surface area contributed by atoms with Gasteiger partial charge in [0, 0.05) is 6.54 Å². The molecule has 0 unspecified atom stereocenters. The van der Waals surface area contributed by atoms with Gasteiger partial charge in [-0.1, -0.05) is 42.9 Å². The van der Waals surface area contributed by atoms with Gasteiger partial charge in [-0.05, 0) is 25.5 Å². The van der Waals surface area contributed by atoms with Gasteiger partial charge in [0.25, 0.3) is 0 Å². The Balaban J connectivity index is 2.60. The van der Waals surface area contributed by atoms with Gasteiger partial charge in [-0.3, -0.25) is 0 Å². The van der Waals surface area contributed by atoms with E-state index in [0.29, 0.717) is 6.54 Å². The fraction of sp³-hybridized carbons (Fsp3) is 0.400. The van der Waals surface area contributed by atoms with Crippen LogP contribution >= 0.6 is 11.3 Å². The lowest BCUT2D eigenvalue weighted by atomic mass is 10.2. The van der Waals surface area contributed by atoms with E-state index in [0.717, 1.165) is 23.3 Å². The Morgan fingerprint density at radius 1 is 1.08 bits per heavy atom. The van der Waals surface area contributed by atoms with E-state index in [1.54, 1.807) is 12.1 Å². The van der Waals surface area contributed by atoms with Crippen LogP contribution in [0.25, 0.3) is 0 Å². The summed E-state index contributed by atoms with van der Waals surface area (Å²) >= 11 is 0.866. The van der Waals surface area contributed by atoms with Crippen LogP contribution in [-0.2, 0) is 19.7 Å². The molecule has 0 radical (unpaired) electrons. The number of hydrogen-bond donors (Lipinski definition) is 1. The molecule has 2 aromatic rings. The summed E-state index contributed by atoms with van der Waals surface area (Å²) in [5, 5.41) is 3.02. The largest absolute Gasteiger partial charge is 0.374 e. The zero-order valence-electron chi connectivity index (χ0n) is 13.7. The van der Waals surface area contributed by atoms with Crippen LogP contribution in [-0.4, -0.2) is 34.1 Å². The topological polar surface area (TPSA) is 93.2 Å². The molecule has 24 heavy (non-hydrogen) atoms. The number of thiazole rings is 1. The molecule has 0 bridgehead atoms. The van der Waals surface area contributed by atoms with Crippen molar-refractivity contribution in [1.29, 1.82) is 0 Å². The Labute approximate surface area is 146 Å². The summed E-state index contributed by atoms with van der Waals surface area (Å²) in [4.78, 5) is 4.05. The number of hydrogen-bond acceptors (Lipinski definition) is 7. The Bertz CT molecular complexity index is 914. The first-order valence-electron chi connectivity index (χ1n) is 7.51. The molecule has 2 rings (SSSR count). The van der Waals surface area contributed by atoms with Crippen molar-refractivity contribution in [1.82, 2.24) is 4.98 Å². The third kappa shape index (κ3) is 3.79. The van der Waals surface area contributed by atoms with Gasteiger partial charge in [-0.25, -0.2) is 21.8 Å². The molecule has 1 N–H and O–H groups in total. The molecule has 0 amide bonds. The van der Waals surface area contributed by atoms with Crippen molar-refractivity contribution in [2.75, 3.05) is 17.6 Å². The first-order chi connectivity index (χ1) is 11.2. The van der Waals surface area contributed by atoms with Crippen molar-refractivity contribution in [3.05, 3.63) is 29.8 Å². The average Bonchev–Trinajstić information content (AvgIpc) is 2.99. The van der Waals surface area contributed by atoms with Gasteiger partial charge in [-0.15, -0.1) is 0 Å². The van der Waals surface area contributed by atoms with E-state index in [-0.39, 0.29) is 25.0 Å². The zero-order chi connectivity index (χ0) is 18.0. The zero-order valence-corrected chi connectivity index (χ0v) is 16.2. The number of rotatable bonds is 7. The van der Waals surface area contributed by atoms with Crippen LogP contribution in [0.4, 0.5) is 5.00 Å². The molecule has 0 saturated heterocycles. The van der Waals surface area contributed by atoms with Crippen molar-refractivity contribution in [3.8, 4) is 0 Å². The molecular weight excluding hydrogens is 368 g/mol. The summed E-state index contributed by atoms with van der Waals surface area (Å²) in [6.45, 7) is 5.83. The molecule has 0 aliphatic carbocycles. The molecular formula is C15H20N2O4S3. The van der Waals surface area contributed by atoms with Crippen molar-refractivity contribution in [2.24, 2.45) is 0 Å². The Kier molecular flexibility index (Phi) is 5.67. The van der Waals surface area contributed by atoms with Gasteiger partial charge in [0.2, 0.25) is 24.0 Å². The van der Waals surface area contributed by atoms with E-state index in [1.165, 1.54) is 19.1 Å². The minimum Gasteiger partial charge on any atom is -0.374 e. The molecule has 0 fully saturated rings. The van der Waals surface area contributed by atoms with Gasteiger partial charge in [0.1, 0.15) is 5.00 Å². The van der Waals surface area contributed by atoms with E-state index >= 15 is 0 Å². The second-order valence-corrected chi connectivity index (χ2v) is 10.6. The van der Waals surface area contributed by atoms with Crippen LogP contribution in [0.3, 0.4) is 0 Å². The lowest BCUT2D eigenvalue weighted by Gasteiger charge is -2.06. The van der Waals surface area contributed by atoms with Crippen molar-refractivity contribution < 1.29 is 16.8 Å². The van der Waals surface area contributed by atoms with Crippen LogP contribution in [0.5, 0.6) is 0 Å². The first-order valence-corrected chi connectivity index (χ1v) is 11.5. The van der Waals surface area contributed by atoms with E-state index in [1.807, 2.05) is 13.8 Å². The highest BCUT2D eigenvalue weighted by molar-refractivity contribution is 7.94. The Hall–Kier alpha value is -1.45. The maximum absolute atomic E-state index is 12.9. The highest BCUT2D eigenvalue weighted by Crippen LogP contribution is 2.35. The quantitative estimate of drug-likeness (QED) is 0.784. The van der Waals surface area contributed by atoms with Gasteiger partial charge in [-0.2, -0.15) is 0 Å². The number of benzene rings is 1. The van der Waals surface area contributed by atoms with E-state index in [4.69, 9.17) is 0 Å². The van der Waals surface area contributed by atoms with E-state index in [2.05, 4.69) is 10.3 Å². The minimum absolute atomic E-state index is 0.0957. The lowest BCUT2D eigenvalue weighted by Crippen LogP contribution is -2.08. The second-order valence-electron chi connectivity index (χ2n) is 5.26. The third-order valence-corrected chi connectivity index (χ3v) is 8.37. The standard InChI is InChI=1S/C15H20N2O4S3/c1-4-10-16-13-14(17-15(22-13)23(18,19)5-2)24(20,21)12-8-6-11(3)7-9-12/h6-9,16H,4-5,10H2,1-3H3. The van der Waals surface area contributed by atoms with Crippen molar-refractivity contribution in [2.45, 2.75) is 41.5 Å². The predicted octanol–water partition coefficient (Wildman–Crippen LogP) is 2.90. The lowest BCUT2D eigenvalue weighted by molar-refractivity contribution is 0.590. The monoisotopic (exact) mass is 388 g/mol. The van der Waals surface area contributed by atoms with Gasteiger partial charge >= 0.3 is 0 Å². The Morgan fingerprint density at radius 3 is 2.25 bits per heavy atom. The third-order valence-electron chi connectivity index (χ3n) is 3.34. The Morgan fingerprint density at radius 2 is 1.71 bits per heavy atom. The van der Waals surface area contributed by atoms with Crippen molar-refractivity contribution in [3.63, 3.8) is 0 Å². The molecule has 6 nitrogen and oxygen atoms in total. The first kappa shape index (κ1) is 18.9. The number of aryl methyl sites for hydroxylation is 1. The maximum Gasteiger partial charge on any atom is 0.226 e. The summed E-state index contributed by atoms with van der Waals surface area (Å²) in [7, 11) is -7.46. The van der Waals surface area contributed by atoms with Crippen molar-refractivity contribution >= 4 is 36.0 Å². The number of nitrogens with one attached hydrogen (secondary N) is 1. The normalized spacial score (nSPS) is 12.3. The van der Waals surface area contributed by atoms with E-state index in [9.17, 15) is 16.8 Å². The molecule has 0 atom stereocenters. The molecule has 0 saturated carbocycles. The second kappa shape index (κ2) is 7.20. The van der Waals surface area contributed by atoms with Crippen LogP contribution in [0.2, 0.25) is 0 Å². The highest BCUT2D eigenvalue weighted by atomic mass is 32.2. The smallest absolute Gasteiger partial charge is 0.226 e. The molecule has 1 heterocycles. The van der Waals surface area contributed by atoms with Crippen LogP contribution in [0, 0.1) is 6.92 Å². The van der Waals surface area contributed by atoms with E-state index < -0.39 is 19.7 Å². The highest BCUT2D eigenvalue weighted by Gasteiger charge is 2.29. The summed E-state index contributed by atoms with van der Waals surface area (Å²) in [5.74, 6) is -0.127. The molecule has 1 aromatic carbocycles. The summed E-state index contributed by atoms with van der Waals surface area (Å²) in [6, 6.07) is 6.40. The molecule has 132 valence electrons. The number of nitrogens with zero attached hydrogens (tertiary/aromatic N) is 1. The summed E-state index contributed by atoms with van der Waals surface area (Å²) < 4.78 is 49.7. The number of aromatic nitrogens is 1. The minimum atomic E-state index is -3.89. The number of sulfone groups is 2. The fourth-order valence-corrected chi connectivity index (χ4v) is 5.93. The van der Waals surface area contributed by atoms with Crippen LogP contribution in [0.15, 0.2) is 38.5 Å². The average molecular weight is 389 g/mol. The molecule has 0 spiro atoms. The molecule has 0 aliphatic heterocycles. The fourth-order valence-electron chi connectivity index (χ4n) is 1.91. The molecule has 9 heteroatoms. The van der Waals surface area contributed by atoms with Gasteiger partial charge < -0.3 is 5.32 Å². The number of anilines is 1. The summed E-state index contributed by atoms with van der Waals surface area (Å²) in [5.41, 5.74) is 0.936. The van der Waals surface area contributed by atoms with Crippen LogP contribution < -0.4 is 5.32 Å².